The summed E-state index contributed by atoms with van der Waals surface area (Å²) in [4.78, 5) is 66.4. The zero-order valence-corrected chi connectivity index (χ0v) is 20.3. The quantitative estimate of drug-likeness (QED) is 0.500. The third-order valence-corrected chi connectivity index (χ3v) is 6.44. The molecule has 1 N–H and O–H groups in total. The Labute approximate surface area is 213 Å². The third-order valence-electron chi connectivity index (χ3n) is 6.44. The molecule has 0 saturated carbocycles. The molecule has 4 rings (SSSR count). The number of ether oxygens (including phenoxy) is 2. The molecule has 0 aromatic heterocycles. The van der Waals surface area contributed by atoms with Gasteiger partial charge in [-0.15, -0.1) is 0 Å². The standard InChI is InChI=1S/C26H27N3O8/c1-36-17-5-4-6-18(15-17)37-16-23(31)28-13-11-27(12-14-28)22(30)10-9-21(26(34)35)29-24(32)19-7-2-3-8-20(19)25(29)33/h2-8,15,21H,9-14,16H2,1H3,(H,34,35)/t21-/m0/s1. The number of hydrogen-bond donors (Lipinski definition) is 1. The number of imide groups is 1. The number of fused-ring (bicyclic) bond motifs is 1. The smallest absolute Gasteiger partial charge is 0.326 e. The first kappa shape index (κ1) is 25.7. The summed E-state index contributed by atoms with van der Waals surface area (Å²) < 4.78 is 10.7. The van der Waals surface area contributed by atoms with Gasteiger partial charge in [0.15, 0.2) is 6.61 Å². The zero-order valence-electron chi connectivity index (χ0n) is 20.3. The lowest BCUT2D eigenvalue weighted by atomic mass is 10.1. The van der Waals surface area contributed by atoms with Crippen LogP contribution < -0.4 is 9.47 Å². The number of amides is 4. The zero-order chi connectivity index (χ0) is 26.5. The lowest BCUT2D eigenvalue weighted by Gasteiger charge is -2.35. The van der Waals surface area contributed by atoms with Gasteiger partial charge in [0.25, 0.3) is 17.7 Å². The SMILES string of the molecule is COc1cccc(OCC(=O)N2CCN(C(=O)CC[C@@H](C(=O)O)N3C(=O)c4ccccc4C3=O)CC2)c1. The molecule has 2 heterocycles. The summed E-state index contributed by atoms with van der Waals surface area (Å²) >= 11 is 0. The molecule has 0 unspecified atom stereocenters. The summed E-state index contributed by atoms with van der Waals surface area (Å²) in [5, 5.41) is 9.70. The predicted molar refractivity (Wildman–Crippen MR) is 129 cm³/mol. The topological polar surface area (TPSA) is 134 Å². The van der Waals surface area contributed by atoms with Crippen molar-refractivity contribution in [2.45, 2.75) is 18.9 Å². The van der Waals surface area contributed by atoms with Crippen molar-refractivity contribution < 1.29 is 38.6 Å². The van der Waals surface area contributed by atoms with Gasteiger partial charge in [0.1, 0.15) is 17.5 Å². The highest BCUT2D eigenvalue weighted by Crippen LogP contribution is 2.26. The van der Waals surface area contributed by atoms with E-state index >= 15 is 0 Å². The van der Waals surface area contributed by atoms with Gasteiger partial charge in [-0.1, -0.05) is 18.2 Å². The molecule has 2 aliphatic heterocycles. The van der Waals surface area contributed by atoms with E-state index in [4.69, 9.17) is 9.47 Å². The Morgan fingerprint density at radius 3 is 2.00 bits per heavy atom. The highest BCUT2D eigenvalue weighted by Gasteiger charge is 2.43. The minimum Gasteiger partial charge on any atom is -0.497 e. The first-order valence-corrected chi connectivity index (χ1v) is 11.8. The van der Waals surface area contributed by atoms with Crippen LogP contribution in [-0.4, -0.2) is 95.3 Å². The lowest BCUT2D eigenvalue weighted by Crippen LogP contribution is -2.52. The maximum absolute atomic E-state index is 12.8. The number of carboxylic acid groups (broad SMARTS) is 1. The average Bonchev–Trinajstić information content (AvgIpc) is 3.17. The third kappa shape index (κ3) is 5.55. The number of hydrogen-bond acceptors (Lipinski definition) is 7. The van der Waals surface area contributed by atoms with Gasteiger partial charge < -0.3 is 24.4 Å². The Kier molecular flexibility index (Phi) is 7.71. The van der Waals surface area contributed by atoms with Crippen LogP contribution in [-0.2, 0) is 14.4 Å². The molecule has 1 fully saturated rings. The van der Waals surface area contributed by atoms with Crippen LogP contribution in [0.2, 0.25) is 0 Å². The summed E-state index contributed by atoms with van der Waals surface area (Å²) in [5.41, 5.74) is 0.308. The first-order chi connectivity index (χ1) is 17.8. The molecule has 2 aromatic carbocycles. The molecular formula is C26H27N3O8. The molecule has 11 heteroatoms. The van der Waals surface area contributed by atoms with Gasteiger partial charge in [0.2, 0.25) is 5.91 Å². The molecule has 2 aliphatic rings. The summed E-state index contributed by atoms with van der Waals surface area (Å²) in [6, 6.07) is 11.6. The Morgan fingerprint density at radius 2 is 1.43 bits per heavy atom. The number of carboxylic acids is 1. The number of piperazine rings is 1. The Hall–Kier alpha value is -4.41. The summed E-state index contributed by atoms with van der Waals surface area (Å²) in [5.74, 6) is -2.10. The highest BCUT2D eigenvalue weighted by atomic mass is 16.5. The first-order valence-electron chi connectivity index (χ1n) is 11.8. The normalized spacial score (nSPS) is 15.9. The molecule has 2 aromatic rings. The van der Waals surface area contributed by atoms with Crippen molar-refractivity contribution in [2.75, 3.05) is 39.9 Å². The van der Waals surface area contributed by atoms with Crippen LogP contribution in [0.15, 0.2) is 48.5 Å². The summed E-state index contributed by atoms with van der Waals surface area (Å²) in [6.45, 7) is 1.05. The van der Waals surface area contributed by atoms with E-state index in [1.54, 1.807) is 46.2 Å². The van der Waals surface area contributed by atoms with Crippen molar-refractivity contribution in [3.05, 3.63) is 59.7 Å². The number of methoxy groups -OCH3 is 1. The fraction of sp³-hybridized carbons (Fsp3) is 0.346. The van der Waals surface area contributed by atoms with Crippen LogP contribution in [0, 0.1) is 0 Å². The molecule has 1 atom stereocenters. The maximum Gasteiger partial charge on any atom is 0.326 e. The second-order valence-corrected chi connectivity index (χ2v) is 8.65. The minimum atomic E-state index is -1.45. The van der Waals surface area contributed by atoms with Gasteiger partial charge in [0, 0.05) is 38.7 Å². The number of rotatable bonds is 9. The maximum atomic E-state index is 12.8. The van der Waals surface area contributed by atoms with Crippen LogP contribution in [0.25, 0.3) is 0 Å². The van der Waals surface area contributed by atoms with Crippen LogP contribution >= 0.6 is 0 Å². The van der Waals surface area contributed by atoms with Gasteiger partial charge in [0.05, 0.1) is 18.2 Å². The van der Waals surface area contributed by atoms with E-state index in [1.165, 1.54) is 19.2 Å². The van der Waals surface area contributed by atoms with Crippen molar-refractivity contribution in [3.63, 3.8) is 0 Å². The second-order valence-electron chi connectivity index (χ2n) is 8.65. The van der Waals surface area contributed by atoms with Crippen LogP contribution in [0.5, 0.6) is 11.5 Å². The molecule has 0 spiro atoms. The van der Waals surface area contributed by atoms with Gasteiger partial charge in [-0.25, -0.2) is 4.79 Å². The minimum absolute atomic E-state index is 0.151. The van der Waals surface area contributed by atoms with E-state index < -0.39 is 23.8 Å². The Morgan fingerprint density at radius 1 is 0.865 bits per heavy atom. The number of aliphatic carboxylic acids is 1. The van der Waals surface area contributed by atoms with Gasteiger partial charge >= 0.3 is 5.97 Å². The molecule has 194 valence electrons. The van der Waals surface area contributed by atoms with Crippen molar-refractivity contribution >= 4 is 29.6 Å². The van der Waals surface area contributed by atoms with E-state index in [2.05, 4.69) is 0 Å². The average molecular weight is 510 g/mol. The highest BCUT2D eigenvalue weighted by molar-refractivity contribution is 6.22. The molecule has 4 amide bonds. The monoisotopic (exact) mass is 509 g/mol. The van der Waals surface area contributed by atoms with Crippen LogP contribution in [0.3, 0.4) is 0 Å². The fourth-order valence-corrected chi connectivity index (χ4v) is 4.40. The number of nitrogens with zero attached hydrogens (tertiary/aromatic N) is 3. The molecule has 0 bridgehead atoms. The second kappa shape index (κ2) is 11.1. The van der Waals surface area contributed by atoms with Crippen LogP contribution in [0.4, 0.5) is 0 Å². The number of benzene rings is 2. The molecule has 1 saturated heterocycles. The molecule has 11 nitrogen and oxygen atoms in total. The van der Waals surface area contributed by atoms with Crippen LogP contribution in [0.1, 0.15) is 33.6 Å². The predicted octanol–water partition coefficient (Wildman–Crippen LogP) is 1.27. The fourth-order valence-electron chi connectivity index (χ4n) is 4.40. The van der Waals surface area contributed by atoms with E-state index in [0.29, 0.717) is 24.6 Å². The van der Waals surface area contributed by atoms with E-state index in [9.17, 15) is 29.1 Å². The van der Waals surface area contributed by atoms with Crippen molar-refractivity contribution in [1.29, 1.82) is 0 Å². The van der Waals surface area contributed by atoms with Gasteiger partial charge in [-0.3, -0.25) is 24.1 Å². The van der Waals surface area contributed by atoms with Crippen molar-refractivity contribution in [2.24, 2.45) is 0 Å². The molecule has 0 radical (unpaired) electrons. The Balaban J connectivity index is 1.26. The molecule has 37 heavy (non-hydrogen) atoms. The largest absolute Gasteiger partial charge is 0.497 e. The number of carbonyl (C=O) groups is 5. The van der Waals surface area contributed by atoms with E-state index in [-0.39, 0.29) is 55.5 Å². The van der Waals surface area contributed by atoms with Gasteiger partial charge in [-0.2, -0.15) is 0 Å². The number of carbonyl (C=O) groups excluding carboxylic acids is 4. The summed E-state index contributed by atoms with van der Waals surface area (Å²) in [7, 11) is 1.54. The Bertz CT molecular complexity index is 1190. The van der Waals surface area contributed by atoms with Crippen molar-refractivity contribution in [3.8, 4) is 11.5 Å². The van der Waals surface area contributed by atoms with Crippen molar-refractivity contribution in [1.82, 2.24) is 14.7 Å². The molecule has 0 aliphatic carbocycles. The van der Waals surface area contributed by atoms with Gasteiger partial charge in [-0.05, 0) is 30.7 Å². The summed E-state index contributed by atoms with van der Waals surface area (Å²) in [6.07, 6.45) is -0.357. The lowest BCUT2D eigenvalue weighted by molar-refractivity contribution is -0.143. The van der Waals surface area contributed by atoms with E-state index in [0.717, 1.165) is 4.90 Å². The van der Waals surface area contributed by atoms with E-state index in [1.807, 2.05) is 0 Å². The molecular weight excluding hydrogens is 482 g/mol.